The van der Waals surface area contributed by atoms with Crippen LogP contribution in [0.5, 0.6) is 0 Å². The van der Waals surface area contributed by atoms with Gasteiger partial charge in [0.15, 0.2) is 0 Å². The minimum absolute atomic E-state index is 0.231. The van der Waals surface area contributed by atoms with E-state index < -0.39 is 18.2 Å². The van der Waals surface area contributed by atoms with E-state index in [4.69, 9.17) is 19.4 Å². The van der Waals surface area contributed by atoms with Crippen molar-refractivity contribution in [2.24, 2.45) is 11.8 Å². The highest BCUT2D eigenvalue weighted by atomic mass is 16.5. The molecule has 11 nitrogen and oxygen atoms in total. The number of carbonyl (C=O) groups excluding carboxylic acids is 2. The zero-order valence-corrected chi connectivity index (χ0v) is 26.5. The molecular weight excluding hydrogens is 582 g/mol. The summed E-state index contributed by atoms with van der Waals surface area (Å²) in [6.45, 7) is 2.31. The number of rotatable bonds is 9. The maximum Gasteiger partial charge on any atom is 0.407 e. The van der Waals surface area contributed by atoms with Gasteiger partial charge >= 0.3 is 6.09 Å². The van der Waals surface area contributed by atoms with Crippen molar-refractivity contribution in [3.8, 4) is 33.8 Å². The molecule has 1 saturated heterocycles. The molecule has 11 heteroatoms. The number of nitrogens with one attached hydrogen (secondary N) is 3. The predicted molar refractivity (Wildman–Crippen MR) is 173 cm³/mol. The number of H-pyrrole nitrogens is 2. The molecule has 1 aliphatic heterocycles. The molecule has 0 radical (unpaired) electrons. The summed E-state index contributed by atoms with van der Waals surface area (Å²) >= 11 is 0. The molecule has 1 aromatic carbocycles. The van der Waals surface area contributed by atoms with E-state index in [1.54, 1.807) is 18.0 Å². The highest BCUT2D eigenvalue weighted by molar-refractivity contribution is 5.86. The Labute approximate surface area is 268 Å². The summed E-state index contributed by atoms with van der Waals surface area (Å²) < 4.78 is 10.1. The van der Waals surface area contributed by atoms with E-state index in [9.17, 15) is 9.59 Å². The number of aromatic nitrogens is 5. The van der Waals surface area contributed by atoms with E-state index in [1.807, 2.05) is 24.5 Å². The SMILES string of the molecule is COC(=O)NC(C(=O)N1CCCC1c1ncc(-c2ccc(-c3ccc(-c4cnc([C@@H]5CC6CCC5C6)[nH]4)cc3)nc2)[nH]1)C(C)OC. The quantitative estimate of drug-likeness (QED) is 0.212. The second-order valence-corrected chi connectivity index (χ2v) is 12.9. The number of ether oxygens (including phenoxy) is 2. The Balaban J connectivity index is 1.02. The fraction of sp³-hybridized carbons (Fsp3) is 0.457. The van der Waals surface area contributed by atoms with Gasteiger partial charge < -0.3 is 29.7 Å². The number of hydrogen-bond donors (Lipinski definition) is 3. The van der Waals surface area contributed by atoms with E-state index in [1.165, 1.54) is 39.9 Å². The number of aromatic amines is 2. The third kappa shape index (κ3) is 5.79. The van der Waals surface area contributed by atoms with Gasteiger partial charge in [-0.2, -0.15) is 0 Å². The highest BCUT2D eigenvalue weighted by Gasteiger charge is 2.41. The van der Waals surface area contributed by atoms with Crippen molar-refractivity contribution in [2.45, 2.75) is 69.6 Å². The molecule has 2 amide bonds. The van der Waals surface area contributed by atoms with Gasteiger partial charge in [-0.05, 0) is 68.6 Å². The molecule has 4 aromatic rings. The van der Waals surface area contributed by atoms with Crippen LogP contribution in [0.25, 0.3) is 33.8 Å². The average molecular weight is 624 g/mol. The van der Waals surface area contributed by atoms with Crippen LogP contribution in [-0.4, -0.2) is 74.7 Å². The van der Waals surface area contributed by atoms with Crippen LogP contribution in [0.2, 0.25) is 0 Å². The molecule has 0 spiro atoms. The first-order valence-electron chi connectivity index (χ1n) is 16.3. The largest absolute Gasteiger partial charge is 0.453 e. The van der Waals surface area contributed by atoms with Gasteiger partial charge in [0.25, 0.3) is 0 Å². The molecule has 46 heavy (non-hydrogen) atoms. The molecule has 3 N–H and O–H groups in total. The minimum Gasteiger partial charge on any atom is -0.453 e. The molecule has 5 unspecified atom stereocenters. The van der Waals surface area contributed by atoms with Crippen LogP contribution in [-0.2, 0) is 14.3 Å². The van der Waals surface area contributed by atoms with Crippen molar-refractivity contribution in [1.29, 1.82) is 0 Å². The Morgan fingerprint density at radius 3 is 2.26 bits per heavy atom. The van der Waals surface area contributed by atoms with Gasteiger partial charge in [-0.15, -0.1) is 0 Å². The molecule has 3 aromatic heterocycles. The normalized spacial score (nSPS) is 23.4. The number of pyridine rings is 1. The van der Waals surface area contributed by atoms with E-state index in [0.717, 1.165) is 64.3 Å². The number of carbonyl (C=O) groups is 2. The second-order valence-electron chi connectivity index (χ2n) is 12.9. The zero-order valence-electron chi connectivity index (χ0n) is 26.5. The van der Waals surface area contributed by atoms with E-state index >= 15 is 0 Å². The summed E-state index contributed by atoms with van der Waals surface area (Å²) in [6, 6.07) is 11.4. The third-order valence-corrected chi connectivity index (χ3v) is 10.3. The molecule has 2 saturated carbocycles. The van der Waals surface area contributed by atoms with Crippen molar-refractivity contribution >= 4 is 12.0 Å². The van der Waals surface area contributed by atoms with Gasteiger partial charge in [-0.25, -0.2) is 14.8 Å². The van der Waals surface area contributed by atoms with Crippen molar-refractivity contribution in [3.63, 3.8) is 0 Å². The monoisotopic (exact) mass is 623 g/mol. The first-order valence-corrected chi connectivity index (χ1v) is 16.3. The number of methoxy groups -OCH3 is 2. The minimum atomic E-state index is -0.873. The maximum atomic E-state index is 13.5. The van der Waals surface area contributed by atoms with Crippen molar-refractivity contribution in [1.82, 2.24) is 35.1 Å². The number of nitrogens with zero attached hydrogens (tertiary/aromatic N) is 4. The van der Waals surface area contributed by atoms with Gasteiger partial charge in [0.1, 0.15) is 17.7 Å². The summed E-state index contributed by atoms with van der Waals surface area (Å²) in [5.74, 6) is 3.91. The Bertz CT molecular complexity index is 1680. The van der Waals surface area contributed by atoms with E-state index in [-0.39, 0.29) is 11.9 Å². The van der Waals surface area contributed by atoms with Crippen molar-refractivity contribution < 1.29 is 19.1 Å². The summed E-state index contributed by atoms with van der Waals surface area (Å²) in [5, 5.41) is 2.62. The van der Waals surface area contributed by atoms with Crippen LogP contribution in [0.3, 0.4) is 0 Å². The van der Waals surface area contributed by atoms with Gasteiger partial charge in [0.2, 0.25) is 5.91 Å². The van der Waals surface area contributed by atoms with E-state index in [0.29, 0.717) is 18.3 Å². The number of likely N-dealkylation sites (tertiary alicyclic amines) is 1. The fourth-order valence-corrected chi connectivity index (χ4v) is 7.64. The van der Waals surface area contributed by atoms with Crippen molar-refractivity contribution in [2.75, 3.05) is 20.8 Å². The van der Waals surface area contributed by atoms with Gasteiger partial charge in [0, 0.05) is 36.9 Å². The molecule has 3 fully saturated rings. The Kier molecular flexibility index (Phi) is 8.33. The van der Waals surface area contributed by atoms with Crippen LogP contribution < -0.4 is 5.32 Å². The summed E-state index contributed by atoms with van der Waals surface area (Å²) in [5.41, 5.74) is 5.83. The Morgan fingerprint density at radius 2 is 1.59 bits per heavy atom. The van der Waals surface area contributed by atoms with Crippen molar-refractivity contribution in [3.05, 3.63) is 66.6 Å². The second kappa shape index (κ2) is 12.7. The summed E-state index contributed by atoms with van der Waals surface area (Å²) in [4.78, 5) is 48.4. The van der Waals surface area contributed by atoms with Crippen LogP contribution in [0, 0.1) is 11.8 Å². The number of benzene rings is 1. The van der Waals surface area contributed by atoms with Gasteiger partial charge in [-0.3, -0.25) is 9.78 Å². The van der Waals surface area contributed by atoms with Crippen LogP contribution >= 0.6 is 0 Å². The molecule has 2 bridgehead atoms. The molecule has 7 rings (SSSR count). The fourth-order valence-electron chi connectivity index (χ4n) is 7.64. The number of imidazole rings is 2. The maximum absolute atomic E-state index is 13.5. The smallest absolute Gasteiger partial charge is 0.407 e. The lowest BCUT2D eigenvalue weighted by molar-refractivity contribution is -0.137. The lowest BCUT2D eigenvalue weighted by atomic mass is 9.88. The first kappa shape index (κ1) is 30.2. The lowest BCUT2D eigenvalue weighted by Crippen LogP contribution is -2.54. The van der Waals surface area contributed by atoms with Crippen LogP contribution in [0.15, 0.2) is 55.0 Å². The van der Waals surface area contributed by atoms with Gasteiger partial charge in [-0.1, -0.05) is 30.7 Å². The number of amides is 2. The van der Waals surface area contributed by atoms with Gasteiger partial charge in [0.05, 0.1) is 48.7 Å². The standard InChI is InChI=1S/C35H41N7O4/c1-20(45-2)31(41-35(44)46-3)34(43)42-14-4-5-30(42)33-38-19-29(40-33)25-12-13-27(36-17-25)22-8-10-23(11-9-22)28-18-37-32(39-28)26-16-21-6-7-24(26)15-21/h8-13,17-21,24,26,30-31H,4-7,14-16H2,1-3H3,(H,37,39)(H,38,40)(H,41,44)/t20?,21?,24?,26-,30?,31?/m1/s1. The Hall–Kier alpha value is -4.51. The summed E-state index contributed by atoms with van der Waals surface area (Å²) in [7, 11) is 2.78. The summed E-state index contributed by atoms with van der Waals surface area (Å²) in [6.07, 6.45) is 11.4. The third-order valence-electron chi connectivity index (χ3n) is 10.3. The first-order chi connectivity index (χ1) is 22.4. The number of alkyl carbamates (subject to hydrolysis) is 1. The molecule has 240 valence electrons. The zero-order chi connectivity index (χ0) is 31.8. The van der Waals surface area contributed by atoms with Crippen LogP contribution in [0.4, 0.5) is 4.79 Å². The molecule has 3 aliphatic rings. The molecular formula is C35H41N7O4. The molecule has 2 aliphatic carbocycles. The molecule has 4 heterocycles. The van der Waals surface area contributed by atoms with Crippen LogP contribution in [0.1, 0.15) is 69.1 Å². The molecule has 6 atom stereocenters. The lowest BCUT2D eigenvalue weighted by Gasteiger charge is -2.30. The highest BCUT2D eigenvalue weighted by Crippen LogP contribution is 2.52. The average Bonchev–Trinajstić information content (AvgIpc) is 3.94. The topological polar surface area (TPSA) is 138 Å². The van der Waals surface area contributed by atoms with E-state index in [2.05, 4.69) is 44.5 Å². The Morgan fingerprint density at radius 1 is 0.870 bits per heavy atom. The number of hydrogen-bond acceptors (Lipinski definition) is 7. The predicted octanol–water partition coefficient (Wildman–Crippen LogP) is 5.86. The number of fused-ring (bicyclic) bond motifs is 2.